The molecule has 2 amide bonds. The molecule has 24 heavy (non-hydrogen) atoms. The van der Waals surface area contributed by atoms with Gasteiger partial charge in [-0.2, -0.15) is 5.10 Å². The van der Waals surface area contributed by atoms with Gasteiger partial charge in [0.2, 0.25) is 5.91 Å². The average molecular weight is 356 g/mol. The van der Waals surface area contributed by atoms with Crippen LogP contribution in [-0.2, 0) is 17.8 Å². The Morgan fingerprint density at radius 3 is 2.79 bits per heavy atom. The quantitative estimate of drug-likeness (QED) is 0.842. The van der Waals surface area contributed by atoms with Gasteiger partial charge in [-0.05, 0) is 26.7 Å². The number of fused-ring (bicyclic) bond motifs is 1. The number of halogens is 1. The lowest BCUT2D eigenvalue weighted by atomic mass is 10.1. The maximum Gasteiger partial charge on any atom is 0.275 e. The zero-order chi connectivity index (χ0) is 16.4. The zero-order valence-electron chi connectivity index (χ0n) is 14.3. The van der Waals surface area contributed by atoms with Crippen LogP contribution in [0.25, 0.3) is 0 Å². The minimum Gasteiger partial charge on any atom is -0.341 e. The van der Waals surface area contributed by atoms with Gasteiger partial charge in [0, 0.05) is 50.4 Å². The first kappa shape index (κ1) is 18.7. The number of amides is 2. The molecule has 0 aliphatic carbocycles. The second kappa shape index (κ2) is 7.98. The van der Waals surface area contributed by atoms with Gasteiger partial charge >= 0.3 is 0 Å². The molecule has 1 aromatic heterocycles. The molecule has 3 heterocycles. The molecule has 1 unspecified atom stereocenters. The van der Waals surface area contributed by atoms with Crippen LogP contribution in [0.2, 0.25) is 0 Å². The lowest BCUT2D eigenvalue weighted by Gasteiger charge is -2.29. The number of likely N-dealkylation sites (tertiary alicyclic amines) is 1. The van der Waals surface area contributed by atoms with Gasteiger partial charge in [0.1, 0.15) is 6.04 Å². The summed E-state index contributed by atoms with van der Waals surface area (Å²) in [5, 5.41) is 10.5. The normalized spacial score (nSPS) is 19.6. The van der Waals surface area contributed by atoms with E-state index in [2.05, 4.69) is 15.5 Å². The van der Waals surface area contributed by atoms with Crippen molar-refractivity contribution in [2.24, 2.45) is 0 Å². The van der Waals surface area contributed by atoms with Gasteiger partial charge in [-0.1, -0.05) is 0 Å². The van der Waals surface area contributed by atoms with Crippen molar-refractivity contribution in [3.8, 4) is 0 Å². The summed E-state index contributed by atoms with van der Waals surface area (Å²) in [6, 6.07) is -0.341. The van der Waals surface area contributed by atoms with Crippen LogP contribution in [0.15, 0.2) is 0 Å². The molecule has 0 spiro atoms. The molecule has 2 aliphatic heterocycles. The number of carbonyl (C=O) groups excluding carboxylic acids is 2. The lowest BCUT2D eigenvalue weighted by molar-refractivity contribution is -0.134. The van der Waals surface area contributed by atoms with Crippen molar-refractivity contribution in [2.75, 3.05) is 26.2 Å². The molecule has 1 saturated heterocycles. The highest BCUT2D eigenvalue weighted by molar-refractivity contribution is 5.97. The van der Waals surface area contributed by atoms with Crippen molar-refractivity contribution >= 4 is 24.2 Å². The number of aromatic nitrogens is 2. The Kier molecular flexibility index (Phi) is 6.23. The number of hydrogen-bond donors (Lipinski definition) is 2. The highest BCUT2D eigenvalue weighted by atomic mass is 35.5. The first-order chi connectivity index (χ1) is 11.2. The number of nitrogens with one attached hydrogen (secondary N) is 2. The third-order valence-electron chi connectivity index (χ3n) is 4.88. The molecular formula is C16H26ClN5O2. The third kappa shape index (κ3) is 3.28. The lowest BCUT2D eigenvalue weighted by Crippen LogP contribution is -2.48. The number of aromatic amines is 1. The molecule has 0 radical (unpaired) electrons. The summed E-state index contributed by atoms with van der Waals surface area (Å²) in [6.07, 6.45) is 2.47. The van der Waals surface area contributed by atoms with E-state index in [9.17, 15) is 9.59 Å². The Bertz CT molecular complexity index is 599. The molecule has 0 aromatic carbocycles. The van der Waals surface area contributed by atoms with Crippen molar-refractivity contribution in [3.05, 3.63) is 17.0 Å². The highest BCUT2D eigenvalue weighted by Gasteiger charge is 2.38. The monoisotopic (exact) mass is 355 g/mol. The summed E-state index contributed by atoms with van der Waals surface area (Å²) in [7, 11) is 0. The van der Waals surface area contributed by atoms with E-state index in [0.717, 1.165) is 37.1 Å². The first-order valence-electron chi connectivity index (χ1n) is 8.53. The van der Waals surface area contributed by atoms with E-state index in [4.69, 9.17) is 0 Å². The zero-order valence-corrected chi connectivity index (χ0v) is 15.1. The van der Waals surface area contributed by atoms with Gasteiger partial charge in [-0.25, -0.2) is 0 Å². The summed E-state index contributed by atoms with van der Waals surface area (Å²) in [6.45, 7) is 7.48. The Morgan fingerprint density at radius 2 is 2.08 bits per heavy atom. The van der Waals surface area contributed by atoms with Crippen LogP contribution in [0.3, 0.4) is 0 Å². The van der Waals surface area contributed by atoms with Crippen molar-refractivity contribution in [2.45, 2.75) is 45.7 Å². The molecular weight excluding hydrogens is 330 g/mol. The number of hydrogen-bond acceptors (Lipinski definition) is 4. The third-order valence-corrected chi connectivity index (χ3v) is 4.88. The van der Waals surface area contributed by atoms with Crippen LogP contribution < -0.4 is 5.32 Å². The number of carbonyl (C=O) groups is 2. The van der Waals surface area contributed by atoms with Crippen LogP contribution in [0.5, 0.6) is 0 Å². The molecule has 1 aromatic rings. The van der Waals surface area contributed by atoms with Gasteiger partial charge < -0.3 is 15.1 Å². The van der Waals surface area contributed by atoms with Crippen LogP contribution in [0.1, 0.15) is 48.4 Å². The molecule has 2 aliphatic rings. The highest BCUT2D eigenvalue weighted by Crippen LogP contribution is 2.24. The fourth-order valence-electron chi connectivity index (χ4n) is 3.55. The minimum atomic E-state index is -0.341. The van der Waals surface area contributed by atoms with Crippen molar-refractivity contribution in [3.63, 3.8) is 0 Å². The molecule has 0 bridgehead atoms. The molecule has 134 valence electrons. The Labute approximate surface area is 148 Å². The van der Waals surface area contributed by atoms with Gasteiger partial charge in [-0.3, -0.25) is 14.7 Å². The molecule has 3 rings (SSSR count). The van der Waals surface area contributed by atoms with Crippen molar-refractivity contribution in [1.29, 1.82) is 0 Å². The van der Waals surface area contributed by atoms with Gasteiger partial charge in [-0.15, -0.1) is 12.4 Å². The minimum absolute atomic E-state index is 0. The molecule has 2 N–H and O–H groups in total. The van der Waals surface area contributed by atoms with E-state index in [1.807, 2.05) is 13.8 Å². The van der Waals surface area contributed by atoms with E-state index < -0.39 is 0 Å². The Hall–Kier alpha value is -1.60. The van der Waals surface area contributed by atoms with Crippen LogP contribution in [-0.4, -0.2) is 64.0 Å². The summed E-state index contributed by atoms with van der Waals surface area (Å²) in [5.74, 6) is -0.0578. The molecule has 1 fully saturated rings. The maximum absolute atomic E-state index is 12.9. The van der Waals surface area contributed by atoms with Crippen LogP contribution in [0, 0.1) is 0 Å². The molecule has 0 saturated carbocycles. The number of H-pyrrole nitrogens is 1. The number of rotatable bonds is 4. The fourth-order valence-corrected chi connectivity index (χ4v) is 3.55. The van der Waals surface area contributed by atoms with E-state index in [0.29, 0.717) is 31.9 Å². The molecule has 1 atom stereocenters. The average Bonchev–Trinajstić information content (AvgIpc) is 3.22. The topological polar surface area (TPSA) is 81.3 Å². The Balaban J connectivity index is 0.00000208. The van der Waals surface area contributed by atoms with E-state index in [-0.39, 0.29) is 30.3 Å². The predicted octanol–water partition coefficient (Wildman–Crippen LogP) is 0.950. The standard InChI is InChI=1S/C16H25N5O2.ClH/c1-3-20(4-2)15(22)13-6-5-9-21(13)16(23)14-11-10-17-8-7-12(11)18-19-14;/h13,17H,3-10H2,1-2H3,(H,18,19);1H. The smallest absolute Gasteiger partial charge is 0.275 e. The largest absolute Gasteiger partial charge is 0.341 e. The molecule has 8 heteroatoms. The fraction of sp³-hybridized carbons (Fsp3) is 0.688. The van der Waals surface area contributed by atoms with Crippen LogP contribution in [0.4, 0.5) is 0 Å². The summed E-state index contributed by atoms with van der Waals surface area (Å²) >= 11 is 0. The van der Waals surface area contributed by atoms with E-state index in [1.165, 1.54) is 0 Å². The summed E-state index contributed by atoms with van der Waals surface area (Å²) in [5.41, 5.74) is 2.48. The van der Waals surface area contributed by atoms with Crippen molar-refractivity contribution < 1.29 is 9.59 Å². The van der Waals surface area contributed by atoms with Gasteiger partial charge in [0.05, 0.1) is 0 Å². The Morgan fingerprint density at radius 1 is 1.33 bits per heavy atom. The summed E-state index contributed by atoms with van der Waals surface area (Å²) < 4.78 is 0. The second-order valence-corrected chi connectivity index (χ2v) is 6.12. The molecule has 7 nitrogen and oxygen atoms in total. The number of nitrogens with zero attached hydrogens (tertiary/aromatic N) is 3. The van der Waals surface area contributed by atoms with Crippen LogP contribution >= 0.6 is 12.4 Å². The maximum atomic E-state index is 12.9. The SMILES string of the molecule is CCN(CC)C(=O)C1CCCN1C(=O)c1n[nH]c2c1CNCC2.Cl. The van der Waals surface area contributed by atoms with Gasteiger partial charge in [0.15, 0.2) is 5.69 Å². The van der Waals surface area contributed by atoms with E-state index >= 15 is 0 Å². The predicted molar refractivity (Wildman–Crippen MR) is 93.2 cm³/mol. The van der Waals surface area contributed by atoms with E-state index in [1.54, 1.807) is 9.80 Å². The first-order valence-corrected chi connectivity index (χ1v) is 8.53. The second-order valence-electron chi connectivity index (χ2n) is 6.12. The van der Waals surface area contributed by atoms with Gasteiger partial charge in [0.25, 0.3) is 5.91 Å². The summed E-state index contributed by atoms with van der Waals surface area (Å²) in [4.78, 5) is 29.1. The van der Waals surface area contributed by atoms with Crippen molar-refractivity contribution in [1.82, 2.24) is 25.3 Å². The number of likely N-dealkylation sites (N-methyl/N-ethyl adjacent to an activating group) is 1.